The maximum absolute atomic E-state index is 13.8. The summed E-state index contributed by atoms with van der Waals surface area (Å²) in [5.74, 6) is 0.0549. The van der Waals surface area contributed by atoms with Gasteiger partial charge in [0.25, 0.3) is 0 Å². The Kier molecular flexibility index (Phi) is 7.11. The fourth-order valence-corrected chi connectivity index (χ4v) is 1.69. The molecule has 0 fully saturated rings. The Hall–Kier alpha value is -1.35. The minimum atomic E-state index is -0.256. The smallest absolute Gasteiger partial charge is 0.168 e. The Bertz CT molecular complexity index is 377. The summed E-state index contributed by atoms with van der Waals surface area (Å²) in [6, 6.07) is 5.24. The summed E-state index contributed by atoms with van der Waals surface area (Å²) in [6.07, 6.45) is 6.83. The van der Waals surface area contributed by atoms with E-state index >= 15 is 0 Å². The van der Waals surface area contributed by atoms with E-state index in [9.17, 15) is 4.39 Å². The van der Waals surface area contributed by atoms with Gasteiger partial charge in [-0.05, 0) is 44.0 Å². The van der Waals surface area contributed by atoms with E-state index in [0.29, 0.717) is 17.7 Å². The van der Waals surface area contributed by atoms with Crippen molar-refractivity contribution in [3.63, 3.8) is 0 Å². The summed E-state index contributed by atoms with van der Waals surface area (Å²) in [4.78, 5) is 0. The van der Waals surface area contributed by atoms with Crippen LogP contribution in [0.25, 0.3) is 0 Å². The molecule has 0 bridgehead atoms. The zero-order chi connectivity index (χ0) is 13.2. The van der Waals surface area contributed by atoms with E-state index in [2.05, 4.69) is 18.3 Å². The number of hydrogen-bond acceptors (Lipinski definition) is 2. The van der Waals surface area contributed by atoms with Crippen LogP contribution in [0.2, 0.25) is 0 Å². The summed E-state index contributed by atoms with van der Waals surface area (Å²) in [6.45, 7) is 4.18. The summed E-state index contributed by atoms with van der Waals surface area (Å²) in [5, 5.41) is 3.32. The van der Waals surface area contributed by atoms with Gasteiger partial charge in [0.15, 0.2) is 11.6 Å². The minimum absolute atomic E-state index is 0.256. The molecule has 0 aliphatic carbocycles. The van der Waals surface area contributed by atoms with Gasteiger partial charge in [-0.3, -0.25) is 0 Å². The quantitative estimate of drug-likeness (QED) is 0.565. The van der Waals surface area contributed by atoms with E-state index in [-0.39, 0.29) is 5.82 Å². The third-order valence-corrected chi connectivity index (χ3v) is 2.68. The third-order valence-electron chi connectivity index (χ3n) is 2.68. The molecule has 0 unspecified atom stereocenters. The second-order valence-corrected chi connectivity index (χ2v) is 4.15. The van der Waals surface area contributed by atoms with Crippen LogP contribution in [0.1, 0.15) is 25.3 Å². The van der Waals surface area contributed by atoms with Crippen LogP contribution in [0, 0.1) is 5.82 Å². The Labute approximate surface area is 109 Å². The Morgan fingerprint density at radius 2 is 2.11 bits per heavy atom. The second-order valence-electron chi connectivity index (χ2n) is 4.15. The highest BCUT2D eigenvalue weighted by Crippen LogP contribution is 2.20. The molecular weight excluding hydrogens is 229 g/mol. The van der Waals surface area contributed by atoms with Crippen molar-refractivity contribution in [2.75, 3.05) is 20.2 Å². The molecule has 0 saturated carbocycles. The molecule has 1 rings (SSSR count). The molecule has 1 N–H and O–H groups in total. The molecule has 100 valence electrons. The van der Waals surface area contributed by atoms with Crippen molar-refractivity contribution < 1.29 is 9.13 Å². The number of rotatable bonds is 8. The Morgan fingerprint density at radius 3 is 2.83 bits per heavy atom. The maximum atomic E-state index is 13.8. The molecule has 0 atom stereocenters. The van der Waals surface area contributed by atoms with E-state index in [0.717, 1.165) is 25.9 Å². The van der Waals surface area contributed by atoms with Crippen LogP contribution in [0.3, 0.4) is 0 Å². The van der Waals surface area contributed by atoms with Gasteiger partial charge in [0.05, 0.1) is 7.11 Å². The maximum Gasteiger partial charge on any atom is 0.168 e. The predicted molar refractivity (Wildman–Crippen MR) is 73.6 cm³/mol. The first-order chi connectivity index (χ1) is 8.79. The van der Waals surface area contributed by atoms with Crippen molar-refractivity contribution in [2.45, 2.75) is 26.2 Å². The zero-order valence-electron chi connectivity index (χ0n) is 11.2. The van der Waals surface area contributed by atoms with Crippen molar-refractivity contribution in [1.82, 2.24) is 5.32 Å². The molecule has 2 nitrogen and oxygen atoms in total. The van der Waals surface area contributed by atoms with E-state index in [1.165, 1.54) is 7.11 Å². The number of allylic oxidation sites excluding steroid dienone is 1. The molecule has 0 aromatic heterocycles. The van der Waals surface area contributed by atoms with Gasteiger partial charge in [-0.1, -0.05) is 31.2 Å². The van der Waals surface area contributed by atoms with Crippen molar-refractivity contribution in [2.24, 2.45) is 0 Å². The highest BCUT2D eigenvalue weighted by atomic mass is 19.1. The lowest BCUT2D eigenvalue weighted by Gasteiger charge is -2.05. The number of benzene rings is 1. The van der Waals surface area contributed by atoms with Crippen molar-refractivity contribution >= 4 is 0 Å². The Balaban J connectivity index is 2.36. The SMILES string of the molecule is CCCNCC/C=C/Cc1cccc(OC)c1F. The van der Waals surface area contributed by atoms with Gasteiger partial charge in [0.1, 0.15) is 0 Å². The third kappa shape index (κ3) is 4.88. The van der Waals surface area contributed by atoms with Crippen LogP contribution in [0.4, 0.5) is 4.39 Å². The van der Waals surface area contributed by atoms with Crippen molar-refractivity contribution in [1.29, 1.82) is 0 Å². The fraction of sp³-hybridized carbons (Fsp3) is 0.467. The first-order valence-corrected chi connectivity index (χ1v) is 6.46. The van der Waals surface area contributed by atoms with Crippen LogP contribution < -0.4 is 10.1 Å². The van der Waals surface area contributed by atoms with Crippen LogP contribution in [-0.4, -0.2) is 20.2 Å². The van der Waals surface area contributed by atoms with E-state index in [4.69, 9.17) is 4.74 Å². The molecule has 0 aliphatic rings. The molecule has 0 heterocycles. The molecular formula is C15H22FNO. The molecule has 1 aromatic rings. The van der Waals surface area contributed by atoms with Crippen LogP contribution in [0.15, 0.2) is 30.4 Å². The number of hydrogen-bond donors (Lipinski definition) is 1. The lowest BCUT2D eigenvalue weighted by atomic mass is 10.1. The highest BCUT2D eigenvalue weighted by Gasteiger charge is 2.05. The number of ether oxygens (including phenoxy) is 1. The second kappa shape index (κ2) is 8.70. The van der Waals surface area contributed by atoms with Crippen LogP contribution in [0.5, 0.6) is 5.75 Å². The van der Waals surface area contributed by atoms with Gasteiger partial charge in [-0.2, -0.15) is 0 Å². The standard InChI is InChI=1S/C15H22FNO/c1-3-11-17-12-6-4-5-8-13-9-7-10-14(18-2)15(13)16/h4-5,7,9-10,17H,3,6,8,11-12H2,1-2H3/b5-4+. The lowest BCUT2D eigenvalue weighted by molar-refractivity contribution is 0.384. The van der Waals surface area contributed by atoms with Crippen LogP contribution in [-0.2, 0) is 6.42 Å². The summed E-state index contributed by atoms with van der Waals surface area (Å²) in [5.41, 5.74) is 0.673. The first kappa shape index (κ1) is 14.7. The van der Waals surface area contributed by atoms with Gasteiger partial charge in [-0.25, -0.2) is 4.39 Å². The van der Waals surface area contributed by atoms with E-state index < -0.39 is 0 Å². The summed E-state index contributed by atoms with van der Waals surface area (Å²) < 4.78 is 18.7. The Morgan fingerprint density at radius 1 is 1.28 bits per heavy atom. The average Bonchev–Trinajstić information content (AvgIpc) is 2.39. The lowest BCUT2D eigenvalue weighted by Crippen LogP contribution is -2.15. The molecule has 0 amide bonds. The molecule has 18 heavy (non-hydrogen) atoms. The highest BCUT2D eigenvalue weighted by molar-refractivity contribution is 5.32. The van der Waals surface area contributed by atoms with Crippen molar-refractivity contribution in [3.05, 3.63) is 41.7 Å². The van der Waals surface area contributed by atoms with Crippen LogP contribution >= 0.6 is 0 Å². The average molecular weight is 251 g/mol. The van der Waals surface area contributed by atoms with E-state index in [1.807, 2.05) is 12.1 Å². The zero-order valence-corrected chi connectivity index (χ0v) is 11.2. The molecule has 3 heteroatoms. The van der Waals surface area contributed by atoms with E-state index in [1.54, 1.807) is 12.1 Å². The number of halogens is 1. The summed E-state index contributed by atoms with van der Waals surface area (Å²) >= 11 is 0. The minimum Gasteiger partial charge on any atom is -0.494 e. The largest absolute Gasteiger partial charge is 0.494 e. The molecule has 0 saturated heterocycles. The number of nitrogens with one attached hydrogen (secondary N) is 1. The van der Waals surface area contributed by atoms with Crippen molar-refractivity contribution in [3.8, 4) is 5.75 Å². The topological polar surface area (TPSA) is 21.3 Å². The van der Waals surface area contributed by atoms with Gasteiger partial charge in [-0.15, -0.1) is 0 Å². The first-order valence-electron chi connectivity index (χ1n) is 6.46. The van der Waals surface area contributed by atoms with Gasteiger partial charge in [0, 0.05) is 0 Å². The normalized spacial score (nSPS) is 11.1. The predicted octanol–water partition coefficient (Wildman–Crippen LogP) is 3.32. The van der Waals surface area contributed by atoms with Gasteiger partial charge < -0.3 is 10.1 Å². The molecule has 0 aliphatic heterocycles. The molecule has 1 aromatic carbocycles. The fourth-order valence-electron chi connectivity index (χ4n) is 1.69. The van der Waals surface area contributed by atoms with Gasteiger partial charge >= 0.3 is 0 Å². The number of methoxy groups -OCH3 is 1. The molecule has 0 spiro atoms. The molecule has 0 radical (unpaired) electrons. The summed E-state index contributed by atoms with van der Waals surface area (Å²) in [7, 11) is 1.48. The monoisotopic (exact) mass is 251 g/mol. The van der Waals surface area contributed by atoms with Gasteiger partial charge in [0.2, 0.25) is 0 Å².